The summed E-state index contributed by atoms with van der Waals surface area (Å²) in [6.45, 7) is 5.59. The minimum Gasteiger partial charge on any atom is -0.293 e. The molecule has 0 saturated carbocycles. The van der Waals surface area contributed by atoms with Gasteiger partial charge in [-0.3, -0.25) is 4.79 Å². The number of hydrogen-bond acceptors (Lipinski definition) is 2. The fourth-order valence-electron chi connectivity index (χ4n) is 1.83. The second kappa shape index (κ2) is 5.69. The van der Waals surface area contributed by atoms with Crippen molar-refractivity contribution >= 4 is 51.9 Å². The summed E-state index contributed by atoms with van der Waals surface area (Å²) in [5.41, 5.74) is 1.51. The summed E-state index contributed by atoms with van der Waals surface area (Å²) in [5.74, 6) is -0.0180. The third kappa shape index (κ3) is 3.04. The zero-order valence-corrected chi connectivity index (χ0v) is 14.3. The average molecular weight is 348 g/mol. The highest BCUT2D eigenvalue weighted by Crippen LogP contribution is 2.45. The van der Waals surface area contributed by atoms with Crippen LogP contribution in [0, 0.1) is 5.41 Å². The molecule has 0 aliphatic rings. The summed E-state index contributed by atoms with van der Waals surface area (Å²) < 4.78 is 0.949. The molecule has 2 aromatic rings. The summed E-state index contributed by atoms with van der Waals surface area (Å²) >= 11 is 19.6. The van der Waals surface area contributed by atoms with Crippen LogP contribution in [-0.2, 0) is 0 Å². The van der Waals surface area contributed by atoms with Crippen molar-refractivity contribution in [2.45, 2.75) is 20.8 Å². The second-order valence-corrected chi connectivity index (χ2v) is 8.15. The number of carbonyl (C=O) groups excluding carboxylic acids is 1. The summed E-state index contributed by atoms with van der Waals surface area (Å²) in [4.78, 5) is 12.6. The predicted molar refractivity (Wildman–Crippen MR) is 88.6 cm³/mol. The van der Waals surface area contributed by atoms with Crippen molar-refractivity contribution in [3.63, 3.8) is 0 Å². The SMILES string of the molecule is CC(C)(C)C(=O)c1c(Cl)sc(Cl)c1-c1ccc(Cl)cc1. The normalized spacial score (nSPS) is 11.7. The van der Waals surface area contributed by atoms with Gasteiger partial charge in [0.05, 0.1) is 5.56 Å². The zero-order chi connectivity index (χ0) is 15.1. The maximum Gasteiger partial charge on any atom is 0.171 e. The summed E-state index contributed by atoms with van der Waals surface area (Å²) in [6.07, 6.45) is 0. The Kier molecular flexibility index (Phi) is 4.50. The molecule has 0 aliphatic heterocycles. The molecule has 1 nitrogen and oxygen atoms in total. The van der Waals surface area contributed by atoms with Gasteiger partial charge in [-0.2, -0.15) is 0 Å². The van der Waals surface area contributed by atoms with E-state index in [0.717, 1.165) is 5.56 Å². The van der Waals surface area contributed by atoms with E-state index in [2.05, 4.69) is 0 Å². The number of rotatable bonds is 2. The van der Waals surface area contributed by atoms with Crippen LogP contribution in [0.4, 0.5) is 0 Å². The molecule has 0 aliphatic carbocycles. The van der Waals surface area contributed by atoms with Crippen molar-refractivity contribution in [3.05, 3.63) is 43.5 Å². The van der Waals surface area contributed by atoms with Gasteiger partial charge >= 0.3 is 0 Å². The van der Waals surface area contributed by atoms with Gasteiger partial charge in [-0.15, -0.1) is 11.3 Å². The first-order valence-corrected chi connectivity index (χ1v) is 7.95. The van der Waals surface area contributed by atoms with Gasteiger partial charge in [0.15, 0.2) is 5.78 Å². The number of Topliss-reactive ketones (excluding diaryl/α,β-unsaturated/α-hetero) is 1. The van der Waals surface area contributed by atoms with Crippen molar-refractivity contribution in [1.82, 2.24) is 0 Å². The molecule has 20 heavy (non-hydrogen) atoms. The third-order valence-electron chi connectivity index (χ3n) is 2.86. The topological polar surface area (TPSA) is 17.1 Å². The van der Waals surface area contributed by atoms with Crippen molar-refractivity contribution < 1.29 is 4.79 Å². The Morgan fingerprint density at radius 1 is 1.00 bits per heavy atom. The van der Waals surface area contributed by atoms with Crippen molar-refractivity contribution in [1.29, 1.82) is 0 Å². The quantitative estimate of drug-likeness (QED) is 0.559. The molecule has 0 fully saturated rings. The van der Waals surface area contributed by atoms with E-state index >= 15 is 0 Å². The highest BCUT2D eigenvalue weighted by Gasteiger charge is 2.30. The van der Waals surface area contributed by atoms with Crippen LogP contribution in [0.15, 0.2) is 24.3 Å². The molecule has 1 heterocycles. The number of carbonyl (C=O) groups is 1. The van der Waals surface area contributed by atoms with Crippen molar-refractivity contribution in [2.75, 3.05) is 0 Å². The standard InChI is InChI=1S/C15H13Cl3OS/c1-15(2,3)12(19)11-10(13(17)20-14(11)18)8-4-6-9(16)7-5-8/h4-7H,1-3H3. The Hall–Kier alpha value is -0.540. The zero-order valence-electron chi connectivity index (χ0n) is 11.3. The Morgan fingerprint density at radius 3 is 2.05 bits per heavy atom. The van der Waals surface area contributed by atoms with Gasteiger partial charge in [-0.05, 0) is 17.7 Å². The molecule has 0 N–H and O–H groups in total. The molecule has 2 rings (SSSR count). The molecule has 0 bridgehead atoms. The summed E-state index contributed by atoms with van der Waals surface area (Å²) in [5, 5.41) is 0.634. The summed E-state index contributed by atoms with van der Waals surface area (Å²) in [6, 6.07) is 7.21. The molecule has 5 heteroatoms. The van der Waals surface area contributed by atoms with Gasteiger partial charge < -0.3 is 0 Å². The van der Waals surface area contributed by atoms with E-state index in [1.165, 1.54) is 11.3 Å². The molecular formula is C15H13Cl3OS. The Morgan fingerprint density at radius 2 is 1.55 bits per heavy atom. The summed E-state index contributed by atoms with van der Waals surface area (Å²) in [7, 11) is 0. The monoisotopic (exact) mass is 346 g/mol. The fraction of sp³-hybridized carbons (Fsp3) is 0.267. The van der Waals surface area contributed by atoms with E-state index in [4.69, 9.17) is 34.8 Å². The molecule has 0 atom stereocenters. The lowest BCUT2D eigenvalue weighted by Gasteiger charge is -2.17. The van der Waals surface area contributed by atoms with Crippen LogP contribution in [0.1, 0.15) is 31.1 Å². The highest BCUT2D eigenvalue weighted by atomic mass is 35.5. The Labute approximate surface area is 137 Å². The van der Waals surface area contributed by atoms with E-state index in [0.29, 0.717) is 24.8 Å². The number of hydrogen-bond donors (Lipinski definition) is 0. The predicted octanol–water partition coefficient (Wildman–Crippen LogP) is 6.60. The van der Waals surface area contributed by atoms with Crippen molar-refractivity contribution in [2.24, 2.45) is 5.41 Å². The molecule has 106 valence electrons. The second-order valence-electron chi connectivity index (χ2n) is 5.49. The average Bonchev–Trinajstić information content (AvgIpc) is 2.63. The van der Waals surface area contributed by atoms with Crippen LogP contribution in [0.3, 0.4) is 0 Å². The smallest absolute Gasteiger partial charge is 0.171 e. The number of benzene rings is 1. The molecular weight excluding hydrogens is 335 g/mol. The minimum absolute atomic E-state index is 0.0180. The van der Waals surface area contributed by atoms with Crippen LogP contribution >= 0.6 is 46.1 Å². The van der Waals surface area contributed by atoms with Crippen LogP contribution in [-0.4, -0.2) is 5.78 Å². The van der Waals surface area contributed by atoms with Gasteiger partial charge in [0.25, 0.3) is 0 Å². The van der Waals surface area contributed by atoms with Crippen molar-refractivity contribution in [3.8, 4) is 11.1 Å². The minimum atomic E-state index is -0.519. The number of ketones is 1. The van der Waals surface area contributed by atoms with Gasteiger partial charge in [0.1, 0.15) is 8.67 Å². The van der Waals surface area contributed by atoms with E-state index in [1.807, 2.05) is 32.9 Å². The largest absolute Gasteiger partial charge is 0.293 e. The molecule has 0 spiro atoms. The molecule has 0 radical (unpaired) electrons. The molecule has 1 aromatic carbocycles. The van der Waals surface area contributed by atoms with Gasteiger partial charge in [-0.25, -0.2) is 0 Å². The highest BCUT2D eigenvalue weighted by molar-refractivity contribution is 7.21. The third-order valence-corrected chi connectivity index (χ3v) is 4.72. The Bertz CT molecular complexity index is 651. The van der Waals surface area contributed by atoms with Crippen LogP contribution in [0.2, 0.25) is 13.7 Å². The van der Waals surface area contributed by atoms with E-state index in [-0.39, 0.29) is 5.78 Å². The van der Waals surface area contributed by atoms with Crippen LogP contribution in [0.5, 0.6) is 0 Å². The molecule has 1 aromatic heterocycles. The lowest BCUT2D eigenvalue weighted by Crippen LogP contribution is -2.20. The first-order chi connectivity index (χ1) is 9.21. The number of thiophene rings is 1. The first kappa shape index (κ1) is 15.8. The van der Waals surface area contributed by atoms with E-state index < -0.39 is 5.41 Å². The molecule has 0 unspecified atom stereocenters. The van der Waals surface area contributed by atoms with Gasteiger partial charge in [-0.1, -0.05) is 67.7 Å². The Balaban J connectivity index is 2.65. The maximum atomic E-state index is 12.6. The van der Waals surface area contributed by atoms with E-state index in [1.54, 1.807) is 12.1 Å². The van der Waals surface area contributed by atoms with E-state index in [9.17, 15) is 4.79 Å². The molecule has 0 saturated heterocycles. The van der Waals surface area contributed by atoms with Crippen LogP contribution in [0.25, 0.3) is 11.1 Å². The van der Waals surface area contributed by atoms with Gasteiger partial charge in [0.2, 0.25) is 0 Å². The number of halogens is 3. The maximum absolute atomic E-state index is 12.6. The fourth-order valence-corrected chi connectivity index (χ4v) is 3.70. The first-order valence-electron chi connectivity index (χ1n) is 6.00. The lowest BCUT2D eigenvalue weighted by atomic mass is 9.85. The molecule has 0 amide bonds. The lowest BCUT2D eigenvalue weighted by molar-refractivity contribution is 0.0859. The van der Waals surface area contributed by atoms with Crippen LogP contribution < -0.4 is 0 Å². The van der Waals surface area contributed by atoms with Gasteiger partial charge in [0, 0.05) is 16.0 Å².